The van der Waals surface area contributed by atoms with E-state index in [1.807, 2.05) is 0 Å². The lowest BCUT2D eigenvalue weighted by Gasteiger charge is -2.31. The van der Waals surface area contributed by atoms with Crippen molar-refractivity contribution in [2.45, 2.75) is 50.9 Å². The van der Waals surface area contributed by atoms with Crippen LogP contribution >= 0.6 is 0 Å². The molecule has 2 rings (SSSR count). The lowest BCUT2D eigenvalue weighted by molar-refractivity contribution is -0.185. The molecule has 1 aliphatic carbocycles. The maximum atomic E-state index is 5.77. The summed E-state index contributed by atoms with van der Waals surface area (Å²) in [5, 5.41) is 0. The van der Waals surface area contributed by atoms with E-state index in [4.69, 9.17) is 9.47 Å². The van der Waals surface area contributed by atoms with E-state index in [-0.39, 0.29) is 5.79 Å². The molecule has 0 unspecified atom stereocenters. The third-order valence-corrected chi connectivity index (χ3v) is 2.61. The van der Waals surface area contributed by atoms with Crippen LogP contribution in [0.1, 0.15) is 39.0 Å². The highest BCUT2D eigenvalue weighted by atomic mass is 16.7. The summed E-state index contributed by atoms with van der Waals surface area (Å²) in [6, 6.07) is 0. The van der Waals surface area contributed by atoms with Gasteiger partial charge < -0.3 is 9.47 Å². The van der Waals surface area contributed by atoms with Crippen LogP contribution in [0.25, 0.3) is 0 Å². The Morgan fingerprint density at radius 1 is 1.18 bits per heavy atom. The minimum absolute atomic E-state index is 0.155. The Morgan fingerprint density at radius 2 is 1.91 bits per heavy atom. The molecule has 0 amide bonds. The van der Waals surface area contributed by atoms with E-state index >= 15 is 0 Å². The maximum Gasteiger partial charge on any atom is 0.168 e. The van der Waals surface area contributed by atoms with Crippen LogP contribution in [0.2, 0.25) is 0 Å². The number of ether oxygens (including phenoxy) is 2. The average Bonchev–Trinajstić information content (AvgIpc) is 2.34. The topological polar surface area (TPSA) is 18.5 Å². The molecule has 0 aromatic heterocycles. The Kier molecular flexibility index (Phi) is 1.90. The van der Waals surface area contributed by atoms with Crippen LogP contribution in [0.15, 0.2) is 0 Å². The monoisotopic (exact) mass is 156 g/mol. The van der Waals surface area contributed by atoms with E-state index in [0.29, 0.717) is 6.10 Å². The van der Waals surface area contributed by atoms with E-state index in [1.165, 1.54) is 19.3 Å². The SMILES string of the molecule is C[C@@H]1COC2(CCCCC2)O1. The van der Waals surface area contributed by atoms with E-state index in [1.54, 1.807) is 0 Å². The van der Waals surface area contributed by atoms with Gasteiger partial charge in [0.1, 0.15) is 0 Å². The van der Waals surface area contributed by atoms with E-state index in [2.05, 4.69) is 6.92 Å². The van der Waals surface area contributed by atoms with Crippen molar-refractivity contribution in [2.24, 2.45) is 0 Å². The summed E-state index contributed by atoms with van der Waals surface area (Å²) in [5.74, 6) is -0.155. The van der Waals surface area contributed by atoms with Gasteiger partial charge in [0.25, 0.3) is 0 Å². The average molecular weight is 156 g/mol. The zero-order chi connectivity index (χ0) is 7.73. The lowest BCUT2D eigenvalue weighted by Crippen LogP contribution is -2.32. The Labute approximate surface area is 67.9 Å². The molecule has 0 radical (unpaired) electrons. The number of rotatable bonds is 0. The first-order valence-corrected chi connectivity index (χ1v) is 4.63. The fourth-order valence-corrected chi connectivity index (χ4v) is 2.06. The van der Waals surface area contributed by atoms with Crippen LogP contribution in [0.5, 0.6) is 0 Å². The van der Waals surface area contributed by atoms with Gasteiger partial charge in [0.05, 0.1) is 12.7 Å². The van der Waals surface area contributed by atoms with Crippen molar-refractivity contribution in [3.8, 4) is 0 Å². The summed E-state index contributed by atoms with van der Waals surface area (Å²) in [4.78, 5) is 0. The van der Waals surface area contributed by atoms with Crippen molar-refractivity contribution < 1.29 is 9.47 Å². The van der Waals surface area contributed by atoms with Crippen molar-refractivity contribution in [1.82, 2.24) is 0 Å². The quantitative estimate of drug-likeness (QED) is 0.534. The molecule has 11 heavy (non-hydrogen) atoms. The largest absolute Gasteiger partial charge is 0.347 e. The highest BCUT2D eigenvalue weighted by Crippen LogP contribution is 2.37. The van der Waals surface area contributed by atoms with Gasteiger partial charge in [-0.3, -0.25) is 0 Å². The van der Waals surface area contributed by atoms with Gasteiger partial charge >= 0.3 is 0 Å². The standard InChI is InChI=1S/C9H16O2/c1-8-7-10-9(11-8)5-3-2-4-6-9/h8H,2-7H2,1H3/t8-/m1/s1. The van der Waals surface area contributed by atoms with Crippen LogP contribution in [0, 0.1) is 0 Å². The smallest absolute Gasteiger partial charge is 0.168 e. The molecular weight excluding hydrogens is 140 g/mol. The second-order valence-corrected chi connectivity index (χ2v) is 3.71. The highest BCUT2D eigenvalue weighted by Gasteiger charge is 2.40. The predicted octanol–water partition coefficient (Wildman–Crippen LogP) is 2.08. The second-order valence-electron chi connectivity index (χ2n) is 3.71. The highest BCUT2D eigenvalue weighted by molar-refractivity contribution is 4.80. The molecular formula is C9H16O2. The molecule has 2 aliphatic rings. The lowest BCUT2D eigenvalue weighted by atomic mass is 9.94. The fourth-order valence-electron chi connectivity index (χ4n) is 2.06. The minimum Gasteiger partial charge on any atom is -0.347 e. The van der Waals surface area contributed by atoms with E-state index in [9.17, 15) is 0 Å². The first-order chi connectivity index (χ1) is 5.31. The molecule has 1 atom stereocenters. The first kappa shape index (κ1) is 7.56. The zero-order valence-electron chi connectivity index (χ0n) is 7.14. The summed E-state index contributed by atoms with van der Waals surface area (Å²) < 4.78 is 11.4. The van der Waals surface area contributed by atoms with Gasteiger partial charge in [-0.1, -0.05) is 6.42 Å². The van der Waals surface area contributed by atoms with Gasteiger partial charge in [0, 0.05) is 12.8 Å². The predicted molar refractivity (Wildman–Crippen MR) is 42.3 cm³/mol. The normalized spacial score (nSPS) is 36.3. The van der Waals surface area contributed by atoms with Gasteiger partial charge in [-0.25, -0.2) is 0 Å². The second kappa shape index (κ2) is 2.76. The maximum absolute atomic E-state index is 5.77. The molecule has 2 fully saturated rings. The summed E-state index contributed by atoms with van der Waals surface area (Å²) in [6.07, 6.45) is 6.42. The minimum atomic E-state index is -0.155. The molecule has 0 aromatic rings. The number of hydrogen-bond donors (Lipinski definition) is 0. The van der Waals surface area contributed by atoms with Crippen molar-refractivity contribution in [3.63, 3.8) is 0 Å². The van der Waals surface area contributed by atoms with Gasteiger partial charge in [0.15, 0.2) is 5.79 Å². The van der Waals surface area contributed by atoms with Crippen LogP contribution in [-0.2, 0) is 9.47 Å². The van der Waals surface area contributed by atoms with Crippen LogP contribution < -0.4 is 0 Å². The van der Waals surface area contributed by atoms with Crippen molar-refractivity contribution in [2.75, 3.05) is 6.61 Å². The molecule has 1 saturated heterocycles. The Bertz CT molecular complexity index is 133. The Balaban J connectivity index is 1.98. The molecule has 1 heterocycles. The molecule has 1 aliphatic heterocycles. The molecule has 2 nitrogen and oxygen atoms in total. The van der Waals surface area contributed by atoms with Crippen LogP contribution in [-0.4, -0.2) is 18.5 Å². The third kappa shape index (κ3) is 1.42. The summed E-state index contributed by atoms with van der Waals surface area (Å²) >= 11 is 0. The molecule has 1 spiro atoms. The Hall–Kier alpha value is -0.0800. The summed E-state index contributed by atoms with van der Waals surface area (Å²) in [6.45, 7) is 2.88. The summed E-state index contributed by atoms with van der Waals surface area (Å²) in [5.41, 5.74) is 0. The molecule has 0 aromatic carbocycles. The molecule has 64 valence electrons. The van der Waals surface area contributed by atoms with Crippen LogP contribution in [0.4, 0.5) is 0 Å². The van der Waals surface area contributed by atoms with Crippen molar-refractivity contribution in [3.05, 3.63) is 0 Å². The van der Waals surface area contributed by atoms with E-state index < -0.39 is 0 Å². The number of hydrogen-bond acceptors (Lipinski definition) is 2. The van der Waals surface area contributed by atoms with E-state index in [0.717, 1.165) is 19.4 Å². The molecule has 0 N–H and O–H groups in total. The van der Waals surface area contributed by atoms with Gasteiger partial charge in [0.2, 0.25) is 0 Å². The van der Waals surface area contributed by atoms with Gasteiger partial charge in [-0.15, -0.1) is 0 Å². The van der Waals surface area contributed by atoms with Crippen LogP contribution in [0.3, 0.4) is 0 Å². The molecule has 0 bridgehead atoms. The fraction of sp³-hybridized carbons (Fsp3) is 1.00. The summed E-state index contributed by atoms with van der Waals surface area (Å²) in [7, 11) is 0. The van der Waals surface area contributed by atoms with Crippen molar-refractivity contribution in [1.29, 1.82) is 0 Å². The Morgan fingerprint density at radius 3 is 2.45 bits per heavy atom. The molecule has 1 saturated carbocycles. The molecule has 2 heteroatoms. The van der Waals surface area contributed by atoms with Gasteiger partial charge in [-0.2, -0.15) is 0 Å². The third-order valence-electron chi connectivity index (χ3n) is 2.61. The first-order valence-electron chi connectivity index (χ1n) is 4.63. The van der Waals surface area contributed by atoms with Crippen molar-refractivity contribution >= 4 is 0 Å². The van der Waals surface area contributed by atoms with Gasteiger partial charge in [-0.05, 0) is 19.8 Å². The zero-order valence-corrected chi connectivity index (χ0v) is 7.14.